The van der Waals surface area contributed by atoms with E-state index in [0.29, 0.717) is 5.75 Å². The molecule has 31 heavy (non-hydrogen) atoms. The largest absolute Gasteiger partial charge is 0.494 e. The molecule has 0 unspecified atom stereocenters. The fourth-order valence-corrected chi connectivity index (χ4v) is 3.88. The molecule has 2 aliphatic rings. The Bertz CT molecular complexity index is 694. The smallest absolute Gasteiger partial charge is 0.491 e. The SMILES string of the molecule is CO[C@H]1O[C@H](COc2ccc(B3OC(C)(C)C(C)(C)O3)cc2)[C@@H](OC)[C@H](OC)[C@@H]1OC. The van der Waals surface area contributed by atoms with Gasteiger partial charge < -0.3 is 37.7 Å². The minimum atomic E-state index is -0.583. The molecule has 0 N–H and O–H groups in total. The number of ether oxygens (including phenoxy) is 6. The van der Waals surface area contributed by atoms with Gasteiger partial charge in [-0.1, -0.05) is 12.1 Å². The zero-order valence-corrected chi connectivity index (χ0v) is 19.7. The Morgan fingerprint density at radius 1 is 0.774 bits per heavy atom. The van der Waals surface area contributed by atoms with E-state index in [1.165, 1.54) is 0 Å². The van der Waals surface area contributed by atoms with Gasteiger partial charge in [-0.25, -0.2) is 0 Å². The van der Waals surface area contributed by atoms with Crippen LogP contribution in [0.25, 0.3) is 0 Å². The maximum absolute atomic E-state index is 6.10. The van der Waals surface area contributed by atoms with Crippen molar-refractivity contribution < 1.29 is 37.7 Å². The van der Waals surface area contributed by atoms with Crippen LogP contribution in [-0.2, 0) is 33.0 Å². The van der Waals surface area contributed by atoms with Crippen molar-refractivity contribution in [2.24, 2.45) is 0 Å². The molecule has 1 aromatic carbocycles. The van der Waals surface area contributed by atoms with E-state index < -0.39 is 25.6 Å². The van der Waals surface area contributed by atoms with Crippen molar-refractivity contribution >= 4 is 12.6 Å². The van der Waals surface area contributed by atoms with Crippen LogP contribution in [0, 0.1) is 0 Å². The average molecular weight is 438 g/mol. The zero-order valence-electron chi connectivity index (χ0n) is 19.7. The van der Waals surface area contributed by atoms with Gasteiger partial charge in [0.2, 0.25) is 0 Å². The van der Waals surface area contributed by atoms with Crippen LogP contribution >= 0.6 is 0 Å². The summed E-state index contributed by atoms with van der Waals surface area (Å²) >= 11 is 0. The molecule has 0 spiro atoms. The maximum Gasteiger partial charge on any atom is 0.494 e. The molecule has 2 heterocycles. The van der Waals surface area contributed by atoms with E-state index >= 15 is 0 Å². The molecule has 3 rings (SSSR count). The summed E-state index contributed by atoms with van der Waals surface area (Å²) in [5.41, 5.74) is 0.184. The van der Waals surface area contributed by atoms with E-state index in [-0.39, 0.29) is 30.0 Å². The lowest BCUT2D eigenvalue weighted by Gasteiger charge is -2.44. The summed E-state index contributed by atoms with van der Waals surface area (Å²) in [6.07, 6.45) is -2.11. The molecule has 174 valence electrons. The van der Waals surface area contributed by atoms with E-state index in [1.807, 2.05) is 52.0 Å². The van der Waals surface area contributed by atoms with Crippen LogP contribution in [0.4, 0.5) is 0 Å². The van der Waals surface area contributed by atoms with Crippen LogP contribution in [0.2, 0.25) is 0 Å². The summed E-state index contributed by atoms with van der Waals surface area (Å²) < 4.78 is 46.5. The van der Waals surface area contributed by atoms with Crippen molar-refractivity contribution in [1.29, 1.82) is 0 Å². The van der Waals surface area contributed by atoms with Crippen molar-refractivity contribution in [2.45, 2.75) is 69.6 Å². The van der Waals surface area contributed by atoms with Crippen molar-refractivity contribution in [2.75, 3.05) is 35.0 Å². The average Bonchev–Trinajstić information content (AvgIpc) is 2.97. The second-order valence-electron chi connectivity index (χ2n) is 8.85. The summed E-state index contributed by atoms with van der Waals surface area (Å²) in [5, 5.41) is 0. The highest BCUT2D eigenvalue weighted by atomic mass is 16.7. The molecule has 0 saturated carbocycles. The third kappa shape index (κ3) is 4.93. The number of rotatable bonds is 8. The predicted octanol–water partition coefficient (Wildman–Crippen LogP) is 1.78. The van der Waals surface area contributed by atoms with Gasteiger partial charge in [-0.3, -0.25) is 0 Å². The van der Waals surface area contributed by atoms with Crippen molar-refractivity contribution in [3.63, 3.8) is 0 Å². The van der Waals surface area contributed by atoms with Crippen LogP contribution in [0.3, 0.4) is 0 Å². The Morgan fingerprint density at radius 3 is 1.81 bits per heavy atom. The number of hydrogen-bond acceptors (Lipinski definition) is 8. The monoisotopic (exact) mass is 438 g/mol. The molecular formula is C22H35BO8. The molecule has 0 radical (unpaired) electrons. The quantitative estimate of drug-likeness (QED) is 0.569. The van der Waals surface area contributed by atoms with E-state index in [9.17, 15) is 0 Å². The van der Waals surface area contributed by atoms with Gasteiger partial charge in [-0.15, -0.1) is 0 Å². The first-order valence-electron chi connectivity index (χ1n) is 10.5. The molecule has 0 aromatic heterocycles. The molecule has 1 aromatic rings. The van der Waals surface area contributed by atoms with E-state index in [4.69, 9.17) is 37.7 Å². The molecule has 2 fully saturated rings. The Kier molecular flexibility index (Phi) is 7.68. The standard InChI is InChI=1S/C22H35BO8/c1-21(2)22(3,4)31-23(30-21)14-9-11-15(12-10-14)28-13-16-17(24-5)18(25-6)19(26-7)20(27-8)29-16/h9-12,16-20H,13H2,1-8H3/t16-,17-,18+,19+,20+/m1/s1. The number of hydrogen-bond donors (Lipinski definition) is 0. The molecule has 5 atom stereocenters. The first-order valence-corrected chi connectivity index (χ1v) is 10.5. The normalized spacial score (nSPS) is 32.3. The summed E-state index contributed by atoms with van der Waals surface area (Å²) in [7, 11) is 5.99. The van der Waals surface area contributed by atoms with E-state index in [2.05, 4.69) is 0 Å². The van der Waals surface area contributed by atoms with Crippen LogP contribution in [-0.4, -0.2) is 84.1 Å². The minimum absolute atomic E-state index is 0.268. The Morgan fingerprint density at radius 2 is 1.32 bits per heavy atom. The molecule has 9 heteroatoms. The van der Waals surface area contributed by atoms with Gasteiger partial charge >= 0.3 is 7.12 Å². The summed E-state index contributed by atoms with van der Waals surface area (Å²) in [6.45, 7) is 8.42. The highest BCUT2D eigenvalue weighted by Crippen LogP contribution is 2.36. The summed E-state index contributed by atoms with van der Waals surface area (Å²) in [5.74, 6) is 0.704. The van der Waals surface area contributed by atoms with Crippen molar-refractivity contribution in [3.05, 3.63) is 24.3 Å². The Hall–Kier alpha value is -1.20. The lowest BCUT2D eigenvalue weighted by Crippen LogP contribution is -2.61. The fourth-order valence-electron chi connectivity index (χ4n) is 3.88. The molecule has 0 amide bonds. The van der Waals surface area contributed by atoms with Gasteiger partial charge in [0.1, 0.15) is 36.8 Å². The minimum Gasteiger partial charge on any atom is -0.491 e. The summed E-state index contributed by atoms with van der Waals surface area (Å²) in [4.78, 5) is 0. The zero-order chi connectivity index (χ0) is 22.8. The van der Waals surface area contributed by atoms with Gasteiger partial charge in [0.15, 0.2) is 6.29 Å². The third-order valence-corrected chi connectivity index (χ3v) is 6.46. The molecular weight excluding hydrogens is 403 g/mol. The number of benzene rings is 1. The van der Waals surface area contributed by atoms with Crippen molar-refractivity contribution in [1.82, 2.24) is 0 Å². The molecule has 0 aliphatic carbocycles. The fraction of sp³-hybridized carbons (Fsp3) is 0.727. The van der Waals surface area contributed by atoms with Crippen LogP contribution in [0.1, 0.15) is 27.7 Å². The third-order valence-electron chi connectivity index (χ3n) is 6.46. The topological polar surface area (TPSA) is 73.8 Å². The molecule has 2 aliphatic heterocycles. The highest BCUT2D eigenvalue weighted by Gasteiger charge is 2.51. The van der Waals surface area contributed by atoms with Gasteiger partial charge in [0.25, 0.3) is 0 Å². The maximum atomic E-state index is 6.10. The molecule has 2 saturated heterocycles. The number of methoxy groups -OCH3 is 4. The second kappa shape index (κ2) is 9.74. The molecule has 8 nitrogen and oxygen atoms in total. The van der Waals surface area contributed by atoms with Gasteiger partial charge in [-0.2, -0.15) is 0 Å². The lowest BCUT2D eigenvalue weighted by atomic mass is 9.79. The Labute approximate surface area is 185 Å². The van der Waals surface area contributed by atoms with E-state index in [1.54, 1.807) is 28.4 Å². The first-order chi connectivity index (χ1) is 14.7. The first kappa shape index (κ1) is 24.4. The highest BCUT2D eigenvalue weighted by molar-refractivity contribution is 6.62. The Balaban J connectivity index is 1.64. The van der Waals surface area contributed by atoms with Gasteiger partial charge in [0.05, 0.1) is 11.2 Å². The van der Waals surface area contributed by atoms with Crippen LogP contribution < -0.4 is 10.2 Å². The lowest BCUT2D eigenvalue weighted by molar-refractivity contribution is -0.305. The molecule has 0 bridgehead atoms. The van der Waals surface area contributed by atoms with Crippen LogP contribution in [0.5, 0.6) is 5.75 Å². The summed E-state index contributed by atoms with van der Waals surface area (Å²) in [6, 6.07) is 7.68. The van der Waals surface area contributed by atoms with Gasteiger partial charge in [0, 0.05) is 28.4 Å². The van der Waals surface area contributed by atoms with E-state index in [0.717, 1.165) is 5.46 Å². The second-order valence-corrected chi connectivity index (χ2v) is 8.85. The van der Waals surface area contributed by atoms with Crippen LogP contribution in [0.15, 0.2) is 24.3 Å². The predicted molar refractivity (Wildman–Crippen MR) is 116 cm³/mol. The van der Waals surface area contributed by atoms with Crippen molar-refractivity contribution in [3.8, 4) is 5.75 Å². The van der Waals surface area contributed by atoms with Gasteiger partial charge in [-0.05, 0) is 45.3 Å².